The molecule has 1 heterocycles. The molecule has 2 aromatic rings. The molecule has 6 nitrogen and oxygen atoms in total. The van der Waals surface area contributed by atoms with Gasteiger partial charge in [0.2, 0.25) is 5.91 Å². The highest BCUT2D eigenvalue weighted by atomic mass is 16.5. The van der Waals surface area contributed by atoms with Crippen LogP contribution in [0.1, 0.15) is 18.2 Å². The van der Waals surface area contributed by atoms with Gasteiger partial charge >= 0.3 is 5.97 Å². The third-order valence-corrected chi connectivity index (χ3v) is 3.80. The first-order valence-corrected chi connectivity index (χ1v) is 8.30. The van der Waals surface area contributed by atoms with Crippen LogP contribution < -0.4 is 5.32 Å². The number of furan rings is 1. The standard InChI is InChI=1S/C19H24N2O4/c1-3-24-19(23)17(12-15-8-5-4-6-9-15)21(2)14-18(22)20-13-16-10-7-11-25-16/h4-11,17H,3,12-14H2,1-2H3,(H,20,22). The maximum Gasteiger partial charge on any atom is 0.323 e. The van der Waals surface area contributed by atoms with E-state index in [1.165, 1.54) is 0 Å². The molecule has 0 fully saturated rings. The number of amides is 1. The molecule has 134 valence electrons. The Kier molecular flexibility index (Phi) is 7.22. The number of likely N-dealkylation sites (N-methyl/N-ethyl adjacent to an activating group) is 1. The van der Waals surface area contributed by atoms with Crippen LogP contribution in [0.25, 0.3) is 0 Å². The number of nitrogens with one attached hydrogen (secondary N) is 1. The monoisotopic (exact) mass is 344 g/mol. The Morgan fingerprint density at radius 2 is 1.96 bits per heavy atom. The topological polar surface area (TPSA) is 71.8 Å². The van der Waals surface area contributed by atoms with Crippen molar-refractivity contribution < 1.29 is 18.7 Å². The second kappa shape index (κ2) is 9.64. The predicted octanol–water partition coefficient (Wildman–Crippen LogP) is 2.00. The maximum absolute atomic E-state index is 12.3. The average molecular weight is 344 g/mol. The van der Waals surface area contributed by atoms with E-state index in [9.17, 15) is 9.59 Å². The number of ether oxygens (including phenoxy) is 1. The highest BCUT2D eigenvalue weighted by Crippen LogP contribution is 2.10. The fraction of sp³-hybridized carbons (Fsp3) is 0.368. The molecular formula is C19H24N2O4. The molecule has 1 aromatic heterocycles. The van der Waals surface area contributed by atoms with Crippen molar-refractivity contribution in [2.24, 2.45) is 0 Å². The van der Waals surface area contributed by atoms with Gasteiger partial charge in [0.25, 0.3) is 0 Å². The van der Waals surface area contributed by atoms with Crippen LogP contribution in [0.4, 0.5) is 0 Å². The van der Waals surface area contributed by atoms with E-state index in [-0.39, 0.29) is 18.4 Å². The highest BCUT2D eigenvalue weighted by Gasteiger charge is 2.26. The van der Waals surface area contributed by atoms with Gasteiger partial charge in [-0.05, 0) is 38.1 Å². The molecule has 1 aromatic carbocycles. The lowest BCUT2D eigenvalue weighted by Gasteiger charge is -2.25. The van der Waals surface area contributed by atoms with Crippen molar-refractivity contribution in [1.82, 2.24) is 10.2 Å². The van der Waals surface area contributed by atoms with Crippen LogP contribution in [0.3, 0.4) is 0 Å². The normalized spacial score (nSPS) is 12.0. The first-order chi connectivity index (χ1) is 12.1. The van der Waals surface area contributed by atoms with E-state index >= 15 is 0 Å². The summed E-state index contributed by atoms with van der Waals surface area (Å²) in [7, 11) is 1.75. The predicted molar refractivity (Wildman–Crippen MR) is 93.8 cm³/mol. The molecule has 0 aliphatic carbocycles. The lowest BCUT2D eigenvalue weighted by atomic mass is 10.0. The molecule has 0 spiro atoms. The molecule has 1 N–H and O–H groups in total. The Morgan fingerprint density at radius 3 is 2.60 bits per heavy atom. The molecule has 0 saturated heterocycles. The highest BCUT2D eigenvalue weighted by molar-refractivity contribution is 5.80. The molecule has 1 unspecified atom stereocenters. The number of carbonyl (C=O) groups excluding carboxylic acids is 2. The number of carbonyl (C=O) groups is 2. The molecule has 2 rings (SSSR count). The Morgan fingerprint density at radius 1 is 1.20 bits per heavy atom. The van der Waals surface area contributed by atoms with Crippen LogP contribution in [0.2, 0.25) is 0 Å². The van der Waals surface area contributed by atoms with Gasteiger partial charge in [0.15, 0.2) is 0 Å². The van der Waals surface area contributed by atoms with Gasteiger partial charge in [0.05, 0.1) is 26.0 Å². The number of benzene rings is 1. The van der Waals surface area contributed by atoms with Crippen LogP contribution in [-0.4, -0.2) is 43.0 Å². The van der Waals surface area contributed by atoms with Crippen LogP contribution in [-0.2, 0) is 27.3 Å². The van der Waals surface area contributed by atoms with Crippen molar-refractivity contribution in [1.29, 1.82) is 0 Å². The average Bonchev–Trinajstić information content (AvgIpc) is 3.12. The van der Waals surface area contributed by atoms with E-state index in [1.54, 1.807) is 37.3 Å². The van der Waals surface area contributed by atoms with E-state index in [0.29, 0.717) is 25.3 Å². The van der Waals surface area contributed by atoms with Gasteiger partial charge in [-0.15, -0.1) is 0 Å². The summed E-state index contributed by atoms with van der Waals surface area (Å²) in [5.41, 5.74) is 1.02. The number of rotatable bonds is 9. The molecule has 0 aliphatic rings. The van der Waals surface area contributed by atoms with Crippen LogP contribution in [0.15, 0.2) is 53.1 Å². The molecular weight excluding hydrogens is 320 g/mol. The smallest absolute Gasteiger partial charge is 0.323 e. The summed E-state index contributed by atoms with van der Waals surface area (Å²) in [4.78, 5) is 26.2. The van der Waals surface area contributed by atoms with Gasteiger partial charge in [-0.2, -0.15) is 0 Å². The van der Waals surface area contributed by atoms with E-state index < -0.39 is 6.04 Å². The zero-order chi connectivity index (χ0) is 18.1. The molecule has 1 amide bonds. The second-order valence-electron chi connectivity index (χ2n) is 5.73. The summed E-state index contributed by atoms with van der Waals surface area (Å²) in [6.07, 6.45) is 2.05. The Bertz CT molecular complexity index is 655. The van der Waals surface area contributed by atoms with Gasteiger partial charge in [-0.1, -0.05) is 30.3 Å². The lowest BCUT2D eigenvalue weighted by molar-refractivity contribution is -0.149. The molecule has 0 aliphatic heterocycles. The summed E-state index contributed by atoms with van der Waals surface area (Å²) < 4.78 is 10.4. The van der Waals surface area contributed by atoms with Crippen molar-refractivity contribution in [3.8, 4) is 0 Å². The van der Waals surface area contributed by atoms with E-state index in [2.05, 4.69) is 5.32 Å². The van der Waals surface area contributed by atoms with E-state index in [4.69, 9.17) is 9.15 Å². The minimum absolute atomic E-state index is 0.0943. The molecule has 1 atom stereocenters. The molecule has 0 radical (unpaired) electrons. The number of hydrogen-bond acceptors (Lipinski definition) is 5. The zero-order valence-electron chi connectivity index (χ0n) is 14.6. The first kappa shape index (κ1) is 18.7. The molecule has 0 saturated carbocycles. The van der Waals surface area contributed by atoms with Gasteiger partial charge in [0.1, 0.15) is 11.8 Å². The summed E-state index contributed by atoms with van der Waals surface area (Å²) in [5.74, 6) is 0.177. The summed E-state index contributed by atoms with van der Waals surface area (Å²) in [6.45, 7) is 2.50. The van der Waals surface area contributed by atoms with Crippen molar-refractivity contribution >= 4 is 11.9 Å². The van der Waals surface area contributed by atoms with Crippen LogP contribution in [0.5, 0.6) is 0 Å². The number of nitrogens with zero attached hydrogens (tertiary/aromatic N) is 1. The van der Waals surface area contributed by atoms with Gasteiger partial charge < -0.3 is 14.5 Å². The third kappa shape index (κ3) is 6.08. The Hall–Kier alpha value is -2.60. The van der Waals surface area contributed by atoms with Crippen molar-refractivity contribution in [3.05, 3.63) is 60.1 Å². The number of hydrogen-bond donors (Lipinski definition) is 1. The summed E-state index contributed by atoms with van der Waals surface area (Å²) in [5, 5.41) is 2.78. The minimum atomic E-state index is -0.517. The fourth-order valence-electron chi connectivity index (χ4n) is 2.49. The quantitative estimate of drug-likeness (QED) is 0.705. The summed E-state index contributed by atoms with van der Waals surface area (Å²) >= 11 is 0. The fourth-order valence-corrected chi connectivity index (χ4v) is 2.49. The van der Waals surface area contributed by atoms with Crippen molar-refractivity contribution in [2.45, 2.75) is 25.9 Å². The second-order valence-corrected chi connectivity index (χ2v) is 5.73. The maximum atomic E-state index is 12.3. The van der Waals surface area contributed by atoms with E-state index in [1.807, 2.05) is 30.3 Å². The first-order valence-electron chi connectivity index (χ1n) is 8.30. The zero-order valence-corrected chi connectivity index (χ0v) is 14.6. The summed E-state index contributed by atoms with van der Waals surface area (Å²) in [6, 6.07) is 12.7. The van der Waals surface area contributed by atoms with E-state index in [0.717, 1.165) is 5.56 Å². The largest absolute Gasteiger partial charge is 0.467 e. The molecule has 0 bridgehead atoms. The van der Waals surface area contributed by atoms with Gasteiger partial charge in [-0.25, -0.2) is 0 Å². The molecule has 25 heavy (non-hydrogen) atoms. The van der Waals surface area contributed by atoms with Crippen LogP contribution in [0, 0.1) is 0 Å². The number of esters is 1. The van der Waals surface area contributed by atoms with Crippen molar-refractivity contribution in [2.75, 3.05) is 20.2 Å². The Labute approximate surface area is 147 Å². The molecule has 6 heteroatoms. The lowest BCUT2D eigenvalue weighted by Crippen LogP contribution is -2.46. The van der Waals surface area contributed by atoms with Gasteiger partial charge in [-0.3, -0.25) is 14.5 Å². The SMILES string of the molecule is CCOC(=O)C(Cc1ccccc1)N(C)CC(=O)NCc1ccco1. The van der Waals surface area contributed by atoms with Gasteiger partial charge in [0, 0.05) is 0 Å². The minimum Gasteiger partial charge on any atom is -0.467 e. The van der Waals surface area contributed by atoms with Crippen molar-refractivity contribution in [3.63, 3.8) is 0 Å². The third-order valence-electron chi connectivity index (χ3n) is 3.80. The Balaban J connectivity index is 1.94. The van der Waals surface area contributed by atoms with Crippen LogP contribution >= 0.6 is 0 Å².